The van der Waals surface area contributed by atoms with Gasteiger partial charge >= 0.3 is 5.69 Å². The third kappa shape index (κ3) is 3.09. The first-order chi connectivity index (χ1) is 11.5. The fourth-order valence-electron chi connectivity index (χ4n) is 3.39. The average molecular weight is 339 g/mol. The number of hydrogen-bond acceptors (Lipinski definition) is 6. The molecule has 3 N–H and O–H groups in total. The van der Waals surface area contributed by atoms with Gasteiger partial charge < -0.3 is 20.3 Å². The van der Waals surface area contributed by atoms with Crippen LogP contribution in [0.25, 0.3) is 0 Å². The van der Waals surface area contributed by atoms with Gasteiger partial charge in [-0.15, -0.1) is 0 Å². The van der Waals surface area contributed by atoms with Crippen LogP contribution in [0.1, 0.15) is 25.3 Å². The Hall–Kier alpha value is -1.77. The van der Waals surface area contributed by atoms with Crippen LogP contribution in [0.5, 0.6) is 0 Å². The van der Waals surface area contributed by atoms with Gasteiger partial charge in [-0.2, -0.15) is 4.98 Å². The molecule has 3 rings (SSSR count). The van der Waals surface area contributed by atoms with Crippen molar-refractivity contribution in [3.05, 3.63) is 34.9 Å². The molecule has 0 spiro atoms. The van der Waals surface area contributed by atoms with Crippen LogP contribution in [0, 0.1) is 5.92 Å². The van der Waals surface area contributed by atoms with Gasteiger partial charge in [-0.3, -0.25) is 4.57 Å². The molecule has 7 nitrogen and oxygen atoms in total. The van der Waals surface area contributed by atoms with Gasteiger partial charge in [-0.25, -0.2) is 9.18 Å². The molecule has 1 saturated carbocycles. The molecule has 1 aliphatic carbocycles. The maximum Gasteiger partial charge on any atom is 0.350 e. The van der Waals surface area contributed by atoms with Crippen molar-refractivity contribution >= 4 is 5.82 Å². The molecule has 1 aliphatic heterocycles. The van der Waals surface area contributed by atoms with Gasteiger partial charge in [0.15, 0.2) is 12.5 Å². The standard InChI is InChI=1S/C16H22FN3O4/c1-9-10(8-21)15(24-12-4-2-3-7-23-12)13(17)14(9)20-6-5-11(18)19-16(20)22/h5-6,10,12-15,21H,1-4,7-8H2,(H2,18,19,22)/t10-,12?,13+,14+,15+/m0/s1. The lowest BCUT2D eigenvalue weighted by atomic mass is 10.0. The molecule has 2 heterocycles. The Morgan fingerprint density at radius 1 is 1.54 bits per heavy atom. The number of anilines is 1. The average Bonchev–Trinajstić information content (AvgIpc) is 2.79. The summed E-state index contributed by atoms with van der Waals surface area (Å²) in [5, 5.41) is 9.66. The molecule has 0 radical (unpaired) electrons. The van der Waals surface area contributed by atoms with Crippen LogP contribution < -0.4 is 11.4 Å². The number of rotatable bonds is 4. The van der Waals surface area contributed by atoms with Crippen LogP contribution in [-0.2, 0) is 9.47 Å². The maximum absolute atomic E-state index is 15.1. The monoisotopic (exact) mass is 339 g/mol. The van der Waals surface area contributed by atoms with Crippen LogP contribution in [0.3, 0.4) is 0 Å². The highest BCUT2D eigenvalue weighted by molar-refractivity contribution is 5.27. The number of alkyl halides is 1. The minimum Gasteiger partial charge on any atom is -0.396 e. The van der Waals surface area contributed by atoms with E-state index in [1.54, 1.807) is 0 Å². The molecule has 0 amide bonds. The van der Waals surface area contributed by atoms with E-state index in [0.29, 0.717) is 18.6 Å². The molecule has 2 fully saturated rings. The number of aromatic nitrogens is 2. The van der Waals surface area contributed by atoms with Crippen LogP contribution in [-0.4, -0.2) is 46.4 Å². The number of aliphatic hydroxyl groups is 1. The predicted octanol–water partition coefficient (Wildman–Crippen LogP) is 0.795. The molecular weight excluding hydrogens is 317 g/mol. The second-order valence-electron chi connectivity index (χ2n) is 6.19. The second-order valence-corrected chi connectivity index (χ2v) is 6.19. The second kappa shape index (κ2) is 7.00. The van der Waals surface area contributed by atoms with Crippen LogP contribution >= 0.6 is 0 Å². The smallest absolute Gasteiger partial charge is 0.350 e. The van der Waals surface area contributed by atoms with E-state index >= 15 is 4.39 Å². The van der Waals surface area contributed by atoms with Gasteiger partial charge in [0.25, 0.3) is 0 Å². The topological polar surface area (TPSA) is 99.6 Å². The third-order valence-electron chi connectivity index (χ3n) is 4.66. The zero-order valence-electron chi connectivity index (χ0n) is 13.3. The molecule has 1 unspecified atom stereocenters. The number of ether oxygens (including phenoxy) is 2. The Labute approximate surface area is 138 Å². The van der Waals surface area contributed by atoms with Gasteiger partial charge in [0, 0.05) is 18.7 Å². The van der Waals surface area contributed by atoms with E-state index in [4.69, 9.17) is 15.2 Å². The summed E-state index contributed by atoms with van der Waals surface area (Å²) in [7, 11) is 0. The van der Waals surface area contributed by atoms with E-state index in [2.05, 4.69) is 11.6 Å². The number of halogens is 1. The Bertz CT molecular complexity index is 659. The minimum atomic E-state index is -1.54. The van der Waals surface area contributed by atoms with E-state index < -0.39 is 36.2 Å². The highest BCUT2D eigenvalue weighted by atomic mass is 19.1. The van der Waals surface area contributed by atoms with E-state index in [-0.39, 0.29) is 12.4 Å². The Balaban J connectivity index is 1.86. The number of hydrogen-bond donors (Lipinski definition) is 2. The van der Waals surface area contributed by atoms with Crippen LogP contribution in [0.2, 0.25) is 0 Å². The third-order valence-corrected chi connectivity index (χ3v) is 4.66. The number of aliphatic hydroxyl groups excluding tert-OH is 1. The lowest BCUT2D eigenvalue weighted by Crippen LogP contribution is -2.38. The van der Waals surface area contributed by atoms with Crippen molar-refractivity contribution < 1.29 is 19.0 Å². The van der Waals surface area contributed by atoms with E-state index in [9.17, 15) is 9.90 Å². The van der Waals surface area contributed by atoms with Gasteiger partial charge in [-0.1, -0.05) is 6.58 Å². The summed E-state index contributed by atoms with van der Waals surface area (Å²) in [5.41, 5.74) is 5.22. The van der Waals surface area contributed by atoms with Crippen molar-refractivity contribution in [2.24, 2.45) is 5.92 Å². The fraction of sp³-hybridized carbons (Fsp3) is 0.625. The molecule has 1 saturated heterocycles. The van der Waals surface area contributed by atoms with Gasteiger partial charge in [0.2, 0.25) is 0 Å². The van der Waals surface area contributed by atoms with Crippen LogP contribution in [0.4, 0.5) is 10.2 Å². The molecule has 5 atom stereocenters. The molecular formula is C16H22FN3O4. The number of nitrogens with zero attached hydrogens (tertiary/aromatic N) is 2. The fourth-order valence-corrected chi connectivity index (χ4v) is 3.39. The zero-order chi connectivity index (χ0) is 17.3. The minimum absolute atomic E-state index is 0.0670. The SMILES string of the molecule is C=C1[C@@H](n2ccc(N)nc2=O)[C@@H](F)[C@H](OC2CCCCO2)[C@H]1CO. The molecule has 1 aromatic heterocycles. The quantitative estimate of drug-likeness (QED) is 0.787. The Kier molecular flexibility index (Phi) is 4.98. The summed E-state index contributed by atoms with van der Waals surface area (Å²) in [6.45, 7) is 4.14. The van der Waals surface area contributed by atoms with Crippen molar-refractivity contribution in [2.75, 3.05) is 18.9 Å². The maximum atomic E-state index is 15.1. The Morgan fingerprint density at radius 2 is 2.33 bits per heavy atom. The van der Waals surface area contributed by atoms with Crippen molar-refractivity contribution in [1.82, 2.24) is 9.55 Å². The summed E-state index contributed by atoms with van der Waals surface area (Å²) < 4.78 is 27.5. The van der Waals surface area contributed by atoms with Crippen molar-refractivity contribution in [1.29, 1.82) is 0 Å². The van der Waals surface area contributed by atoms with E-state index in [1.165, 1.54) is 12.3 Å². The van der Waals surface area contributed by atoms with E-state index in [0.717, 1.165) is 17.4 Å². The van der Waals surface area contributed by atoms with Gasteiger partial charge in [0.1, 0.15) is 11.9 Å². The van der Waals surface area contributed by atoms with Gasteiger partial charge in [0.05, 0.1) is 12.6 Å². The van der Waals surface area contributed by atoms with Crippen molar-refractivity contribution in [3.8, 4) is 0 Å². The number of nitrogens with two attached hydrogens (primary N) is 1. The first-order valence-electron chi connectivity index (χ1n) is 8.08. The predicted molar refractivity (Wildman–Crippen MR) is 85.0 cm³/mol. The van der Waals surface area contributed by atoms with E-state index in [1.807, 2.05) is 0 Å². The lowest BCUT2D eigenvalue weighted by molar-refractivity contribution is -0.205. The molecule has 132 valence electrons. The number of nitrogen functional groups attached to an aromatic ring is 1. The molecule has 8 heteroatoms. The van der Waals surface area contributed by atoms with Crippen molar-refractivity contribution in [3.63, 3.8) is 0 Å². The van der Waals surface area contributed by atoms with Gasteiger partial charge in [-0.05, 0) is 30.9 Å². The Morgan fingerprint density at radius 3 is 2.96 bits per heavy atom. The summed E-state index contributed by atoms with van der Waals surface area (Å²) in [4.78, 5) is 15.7. The normalized spacial score (nSPS) is 33.8. The lowest BCUT2D eigenvalue weighted by Gasteiger charge is -2.29. The summed E-state index contributed by atoms with van der Waals surface area (Å²) in [6, 6.07) is 0.477. The summed E-state index contributed by atoms with van der Waals surface area (Å²) >= 11 is 0. The first-order valence-corrected chi connectivity index (χ1v) is 8.08. The highest BCUT2D eigenvalue weighted by Gasteiger charge is 2.49. The summed E-state index contributed by atoms with van der Waals surface area (Å²) in [5.74, 6) is -0.544. The highest BCUT2D eigenvalue weighted by Crippen LogP contribution is 2.43. The van der Waals surface area contributed by atoms with Crippen molar-refractivity contribution in [2.45, 2.75) is 43.9 Å². The molecule has 24 heavy (non-hydrogen) atoms. The van der Waals surface area contributed by atoms with Crippen LogP contribution in [0.15, 0.2) is 29.2 Å². The molecule has 0 aromatic carbocycles. The largest absolute Gasteiger partial charge is 0.396 e. The first kappa shape index (κ1) is 17.1. The molecule has 2 aliphatic rings. The molecule has 0 bridgehead atoms. The zero-order valence-corrected chi connectivity index (χ0v) is 13.3. The summed E-state index contributed by atoms with van der Waals surface area (Å²) in [6.07, 6.45) is 1.02. The molecule has 1 aromatic rings.